The number of nitrogens with zero attached hydrogens (tertiary/aromatic N) is 1. The normalized spacial score (nSPS) is 10.4. The molecule has 128 valence electrons. The quantitative estimate of drug-likeness (QED) is 0.766. The van der Waals surface area contributed by atoms with Crippen molar-refractivity contribution in [3.63, 3.8) is 0 Å². The van der Waals surface area contributed by atoms with Gasteiger partial charge in [0, 0.05) is 6.54 Å². The van der Waals surface area contributed by atoms with Crippen molar-refractivity contribution < 1.29 is 19.4 Å². The van der Waals surface area contributed by atoms with Crippen molar-refractivity contribution in [1.82, 2.24) is 10.3 Å². The van der Waals surface area contributed by atoms with Gasteiger partial charge in [-0.3, -0.25) is 4.79 Å². The van der Waals surface area contributed by atoms with Gasteiger partial charge < -0.3 is 15.2 Å². The molecule has 0 atom stereocenters. The molecule has 0 bridgehead atoms. The van der Waals surface area contributed by atoms with Gasteiger partial charge in [-0.1, -0.05) is 19.1 Å². The van der Waals surface area contributed by atoms with Gasteiger partial charge in [0.1, 0.15) is 15.6 Å². The van der Waals surface area contributed by atoms with Crippen LogP contribution in [0.3, 0.4) is 0 Å². The van der Waals surface area contributed by atoms with E-state index in [1.165, 1.54) is 0 Å². The number of benzene rings is 1. The molecule has 0 saturated heterocycles. The van der Waals surface area contributed by atoms with Gasteiger partial charge in [0.2, 0.25) is 5.91 Å². The molecule has 2 aromatic rings. The van der Waals surface area contributed by atoms with Crippen molar-refractivity contribution in [3.05, 3.63) is 45.4 Å². The number of carboxylic acids is 1. The summed E-state index contributed by atoms with van der Waals surface area (Å²) in [5.41, 5.74) is 1.38. The van der Waals surface area contributed by atoms with Crippen LogP contribution in [0.25, 0.3) is 0 Å². The first-order valence-electron chi connectivity index (χ1n) is 7.67. The molecular formula is C17H20N2O4S. The standard InChI is InChI=1S/C17H20N2O4S/c1-3-7-23-13-6-4-5-12(8-13)10-18-14(20)9-15-19-11(2)16(24-15)17(21)22/h4-6,8H,3,7,9-10H2,1-2H3,(H,18,20)(H,21,22). The van der Waals surface area contributed by atoms with Crippen LogP contribution in [0.2, 0.25) is 0 Å². The fourth-order valence-corrected chi connectivity index (χ4v) is 2.99. The van der Waals surface area contributed by atoms with Gasteiger partial charge in [0.05, 0.1) is 18.7 Å². The zero-order valence-electron chi connectivity index (χ0n) is 13.7. The monoisotopic (exact) mass is 348 g/mol. The van der Waals surface area contributed by atoms with E-state index in [-0.39, 0.29) is 17.2 Å². The minimum atomic E-state index is -1.01. The second-order valence-electron chi connectivity index (χ2n) is 5.28. The Balaban J connectivity index is 1.89. The summed E-state index contributed by atoms with van der Waals surface area (Å²) in [5.74, 6) is -0.425. The number of carbonyl (C=O) groups is 2. The SMILES string of the molecule is CCCOc1cccc(CNC(=O)Cc2nc(C)c(C(=O)O)s2)c1. The lowest BCUT2D eigenvalue weighted by Crippen LogP contribution is -2.24. The predicted octanol–water partition coefficient (Wildman–Crippen LogP) is 2.80. The Hall–Kier alpha value is -2.41. The van der Waals surface area contributed by atoms with E-state index < -0.39 is 5.97 Å². The number of carboxylic acid groups (broad SMARTS) is 1. The molecule has 1 heterocycles. The van der Waals surface area contributed by atoms with Gasteiger partial charge in [-0.15, -0.1) is 11.3 Å². The van der Waals surface area contributed by atoms with Crippen LogP contribution < -0.4 is 10.1 Å². The second-order valence-corrected chi connectivity index (χ2v) is 6.36. The molecule has 1 aromatic heterocycles. The number of hydrogen-bond acceptors (Lipinski definition) is 5. The topological polar surface area (TPSA) is 88.5 Å². The van der Waals surface area contributed by atoms with Crippen LogP contribution in [-0.2, 0) is 17.8 Å². The Labute approximate surface area is 144 Å². The predicted molar refractivity (Wildman–Crippen MR) is 91.6 cm³/mol. The summed E-state index contributed by atoms with van der Waals surface area (Å²) in [6.45, 7) is 4.72. The molecule has 6 nitrogen and oxygen atoms in total. The van der Waals surface area contributed by atoms with Gasteiger partial charge in [0.25, 0.3) is 0 Å². The van der Waals surface area contributed by atoms with Crippen molar-refractivity contribution in [1.29, 1.82) is 0 Å². The molecule has 0 aliphatic rings. The summed E-state index contributed by atoms with van der Waals surface area (Å²) in [7, 11) is 0. The minimum Gasteiger partial charge on any atom is -0.494 e. The van der Waals surface area contributed by atoms with Crippen molar-refractivity contribution in [2.45, 2.75) is 33.2 Å². The third-order valence-corrected chi connectivity index (χ3v) is 4.35. The number of aromatic carboxylic acids is 1. The summed E-state index contributed by atoms with van der Waals surface area (Å²) in [6.07, 6.45) is 1.01. The van der Waals surface area contributed by atoms with Gasteiger partial charge in [-0.25, -0.2) is 9.78 Å². The number of aromatic nitrogens is 1. The van der Waals surface area contributed by atoms with E-state index in [1.54, 1.807) is 6.92 Å². The van der Waals surface area contributed by atoms with Crippen LogP contribution in [0, 0.1) is 6.92 Å². The van der Waals surface area contributed by atoms with Gasteiger partial charge in [-0.05, 0) is 31.0 Å². The molecule has 2 N–H and O–H groups in total. The number of nitrogens with one attached hydrogen (secondary N) is 1. The zero-order chi connectivity index (χ0) is 17.5. The van der Waals surface area contributed by atoms with Crippen LogP contribution in [0.5, 0.6) is 5.75 Å². The summed E-state index contributed by atoms with van der Waals surface area (Å²) >= 11 is 1.04. The first-order valence-corrected chi connectivity index (χ1v) is 8.49. The summed E-state index contributed by atoms with van der Waals surface area (Å²) < 4.78 is 5.56. The van der Waals surface area contributed by atoms with Crippen molar-refractivity contribution >= 4 is 23.2 Å². The fraction of sp³-hybridized carbons (Fsp3) is 0.353. The van der Waals surface area contributed by atoms with Gasteiger partial charge in [-0.2, -0.15) is 0 Å². The lowest BCUT2D eigenvalue weighted by atomic mass is 10.2. The van der Waals surface area contributed by atoms with Crippen LogP contribution in [0.1, 0.15) is 39.3 Å². The molecule has 0 radical (unpaired) electrons. The van der Waals surface area contributed by atoms with E-state index in [0.717, 1.165) is 29.1 Å². The first-order chi connectivity index (χ1) is 11.5. The summed E-state index contributed by atoms with van der Waals surface area (Å²) in [4.78, 5) is 27.3. The number of rotatable bonds is 8. The average Bonchev–Trinajstić information content (AvgIpc) is 2.92. The fourth-order valence-electron chi connectivity index (χ4n) is 2.09. The number of thiazole rings is 1. The Morgan fingerprint density at radius 1 is 1.38 bits per heavy atom. The molecule has 24 heavy (non-hydrogen) atoms. The third-order valence-electron chi connectivity index (χ3n) is 3.21. The minimum absolute atomic E-state index is 0.0742. The summed E-state index contributed by atoms with van der Waals surface area (Å²) in [5, 5.41) is 12.3. The Bertz CT molecular complexity index is 727. The van der Waals surface area contributed by atoms with Crippen LogP contribution >= 0.6 is 11.3 Å². The van der Waals surface area contributed by atoms with E-state index in [1.807, 2.05) is 31.2 Å². The maximum absolute atomic E-state index is 12.0. The zero-order valence-corrected chi connectivity index (χ0v) is 14.5. The van der Waals surface area contributed by atoms with E-state index in [4.69, 9.17) is 9.84 Å². The molecule has 0 spiro atoms. The van der Waals surface area contributed by atoms with E-state index in [0.29, 0.717) is 23.9 Å². The molecule has 0 fully saturated rings. The molecular weight excluding hydrogens is 328 g/mol. The third kappa shape index (κ3) is 5.06. The Morgan fingerprint density at radius 2 is 2.17 bits per heavy atom. The highest BCUT2D eigenvalue weighted by Crippen LogP contribution is 2.18. The smallest absolute Gasteiger partial charge is 0.347 e. The number of aryl methyl sites for hydroxylation is 1. The molecule has 7 heteroatoms. The van der Waals surface area contributed by atoms with Gasteiger partial charge >= 0.3 is 5.97 Å². The van der Waals surface area contributed by atoms with Crippen LogP contribution in [0.4, 0.5) is 0 Å². The van der Waals surface area contributed by atoms with Crippen LogP contribution in [0.15, 0.2) is 24.3 Å². The van der Waals surface area contributed by atoms with Crippen LogP contribution in [-0.4, -0.2) is 28.6 Å². The second kappa shape index (κ2) is 8.44. The maximum atomic E-state index is 12.0. The van der Waals surface area contributed by atoms with E-state index in [9.17, 15) is 9.59 Å². The van der Waals surface area contributed by atoms with E-state index >= 15 is 0 Å². The molecule has 0 aliphatic carbocycles. The van der Waals surface area contributed by atoms with E-state index in [2.05, 4.69) is 10.3 Å². The number of ether oxygens (including phenoxy) is 1. The van der Waals surface area contributed by atoms with Crippen molar-refractivity contribution in [2.24, 2.45) is 0 Å². The van der Waals surface area contributed by atoms with Gasteiger partial charge in [0.15, 0.2) is 0 Å². The molecule has 1 aromatic carbocycles. The number of carbonyl (C=O) groups excluding carboxylic acids is 1. The molecule has 0 saturated carbocycles. The first kappa shape index (κ1) is 17.9. The lowest BCUT2D eigenvalue weighted by Gasteiger charge is -2.08. The summed E-state index contributed by atoms with van der Waals surface area (Å²) in [6, 6.07) is 7.57. The lowest BCUT2D eigenvalue weighted by molar-refractivity contribution is -0.120. The van der Waals surface area contributed by atoms with Crippen molar-refractivity contribution in [2.75, 3.05) is 6.61 Å². The average molecular weight is 348 g/mol. The molecule has 0 aliphatic heterocycles. The maximum Gasteiger partial charge on any atom is 0.347 e. The molecule has 1 amide bonds. The van der Waals surface area contributed by atoms with Crippen molar-refractivity contribution in [3.8, 4) is 5.75 Å². The highest BCUT2D eigenvalue weighted by atomic mass is 32.1. The Kier molecular flexibility index (Phi) is 6.31. The number of amides is 1. The molecule has 2 rings (SSSR count). The highest BCUT2D eigenvalue weighted by molar-refractivity contribution is 7.13. The largest absolute Gasteiger partial charge is 0.494 e. The molecule has 0 unspecified atom stereocenters. The Morgan fingerprint density at radius 3 is 2.83 bits per heavy atom. The number of hydrogen-bond donors (Lipinski definition) is 2. The highest BCUT2D eigenvalue weighted by Gasteiger charge is 2.15.